The van der Waals surface area contributed by atoms with E-state index in [0.717, 1.165) is 12.8 Å². The highest BCUT2D eigenvalue weighted by Gasteiger charge is 2.15. The number of carbonyl (C=O) groups excluding carboxylic acids is 1. The lowest BCUT2D eigenvalue weighted by atomic mass is 10.1. The third-order valence-electron chi connectivity index (χ3n) is 3.08. The summed E-state index contributed by atoms with van der Waals surface area (Å²) in [5.74, 6) is 0.589. The first-order valence-corrected chi connectivity index (χ1v) is 6.57. The molecule has 0 radical (unpaired) electrons. The van der Waals surface area contributed by atoms with Gasteiger partial charge in [0.1, 0.15) is 0 Å². The summed E-state index contributed by atoms with van der Waals surface area (Å²) in [7, 11) is 0. The first kappa shape index (κ1) is 13.5. The Morgan fingerprint density at radius 3 is 2.69 bits per heavy atom. The van der Waals surface area contributed by atoms with E-state index in [0.29, 0.717) is 25.1 Å². The second-order valence-corrected chi connectivity index (χ2v) is 5.12. The van der Waals surface area contributed by atoms with Crippen LogP contribution in [0.15, 0.2) is 0 Å². The van der Waals surface area contributed by atoms with Crippen LogP contribution in [0.2, 0.25) is 0 Å². The van der Waals surface area contributed by atoms with Crippen LogP contribution in [-0.4, -0.2) is 25.2 Å². The molecule has 1 N–H and O–H groups in total. The van der Waals surface area contributed by atoms with E-state index in [4.69, 9.17) is 4.74 Å². The molecule has 0 amide bonds. The van der Waals surface area contributed by atoms with Gasteiger partial charge in [-0.15, -0.1) is 0 Å². The lowest BCUT2D eigenvalue weighted by molar-refractivity contribution is -0.142. The summed E-state index contributed by atoms with van der Waals surface area (Å²) in [5.41, 5.74) is 0. The number of nitrogens with one attached hydrogen (secondary N) is 1. The van der Waals surface area contributed by atoms with Crippen molar-refractivity contribution in [3.05, 3.63) is 0 Å². The van der Waals surface area contributed by atoms with Crippen LogP contribution in [0.4, 0.5) is 0 Å². The van der Waals surface area contributed by atoms with Crippen molar-refractivity contribution < 1.29 is 9.53 Å². The van der Waals surface area contributed by atoms with Gasteiger partial charge < -0.3 is 10.1 Å². The fourth-order valence-corrected chi connectivity index (χ4v) is 2.09. The zero-order valence-corrected chi connectivity index (χ0v) is 10.6. The lowest BCUT2D eigenvalue weighted by Gasteiger charge is -2.11. The predicted octanol–water partition coefficient (Wildman–Crippen LogP) is 2.50. The summed E-state index contributed by atoms with van der Waals surface area (Å²) in [6, 6.07) is 0.545. The van der Waals surface area contributed by atoms with Crippen LogP contribution in [-0.2, 0) is 9.53 Å². The molecule has 0 aromatic rings. The monoisotopic (exact) mass is 227 g/mol. The van der Waals surface area contributed by atoms with Crippen LogP contribution in [0.1, 0.15) is 52.4 Å². The van der Waals surface area contributed by atoms with E-state index >= 15 is 0 Å². The number of hydrogen-bond acceptors (Lipinski definition) is 3. The smallest absolute Gasteiger partial charge is 0.319 e. The van der Waals surface area contributed by atoms with Crippen molar-refractivity contribution in [3.8, 4) is 0 Å². The van der Waals surface area contributed by atoms with Crippen LogP contribution < -0.4 is 5.32 Å². The first-order valence-electron chi connectivity index (χ1n) is 6.57. The van der Waals surface area contributed by atoms with Crippen molar-refractivity contribution in [2.75, 3.05) is 13.2 Å². The van der Waals surface area contributed by atoms with E-state index in [1.807, 2.05) is 0 Å². The average Bonchev–Trinajstić information content (AvgIpc) is 2.74. The molecule has 3 nitrogen and oxygen atoms in total. The molecule has 1 saturated carbocycles. The van der Waals surface area contributed by atoms with Crippen molar-refractivity contribution in [2.24, 2.45) is 5.92 Å². The molecule has 94 valence electrons. The predicted molar refractivity (Wildman–Crippen MR) is 65.3 cm³/mol. The second-order valence-electron chi connectivity index (χ2n) is 5.12. The maximum Gasteiger partial charge on any atom is 0.319 e. The molecule has 0 atom stereocenters. The van der Waals surface area contributed by atoms with E-state index < -0.39 is 0 Å². The van der Waals surface area contributed by atoms with Crippen molar-refractivity contribution in [1.82, 2.24) is 5.32 Å². The molecular formula is C13H25NO2. The topological polar surface area (TPSA) is 38.3 Å². The standard InChI is InChI=1S/C13H25NO2/c1-11(2)6-5-9-16-13(15)10-14-12-7-3-4-8-12/h11-12,14H,3-10H2,1-2H3. The van der Waals surface area contributed by atoms with Gasteiger partial charge in [-0.3, -0.25) is 4.79 Å². The highest BCUT2D eigenvalue weighted by Crippen LogP contribution is 2.17. The first-order chi connectivity index (χ1) is 7.68. The molecule has 0 heterocycles. The van der Waals surface area contributed by atoms with E-state index in [1.165, 1.54) is 25.7 Å². The van der Waals surface area contributed by atoms with Gasteiger partial charge in [-0.05, 0) is 31.6 Å². The minimum atomic E-state index is -0.101. The molecular weight excluding hydrogens is 202 g/mol. The molecule has 3 heteroatoms. The highest BCUT2D eigenvalue weighted by atomic mass is 16.5. The fourth-order valence-electron chi connectivity index (χ4n) is 2.09. The number of esters is 1. The molecule has 1 aliphatic rings. The van der Waals surface area contributed by atoms with Gasteiger partial charge in [-0.1, -0.05) is 26.7 Å². The number of hydrogen-bond donors (Lipinski definition) is 1. The zero-order valence-electron chi connectivity index (χ0n) is 10.6. The second kappa shape index (κ2) is 7.66. The van der Waals surface area contributed by atoms with E-state index in [9.17, 15) is 4.79 Å². The van der Waals surface area contributed by atoms with Gasteiger partial charge in [0, 0.05) is 6.04 Å². The van der Waals surface area contributed by atoms with Crippen LogP contribution in [0.5, 0.6) is 0 Å². The van der Waals surface area contributed by atoms with Gasteiger partial charge in [-0.25, -0.2) is 0 Å². The lowest BCUT2D eigenvalue weighted by Crippen LogP contribution is -2.32. The van der Waals surface area contributed by atoms with Crippen LogP contribution in [0.25, 0.3) is 0 Å². The van der Waals surface area contributed by atoms with Gasteiger partial charge in [0.05, 0.1) is 13.2 Å². The molecule has 0 unspecified atom stereocenters. The van der Waals surface area contributed by atoms with Crippen molar-refractivity contribution in [2.45, 2.75) is 58.4 Å². The van der Waals surface area contributed by atoms with E-state index in [2.05, 4.69) is 19.2 Å². The van der Waals surface area contributed by atoms with E-state index in [1.54, 1.807) is 0 Å². The summed E-state index contributed by atoms with van der Waals surface area (Å²) >= 11 is 0. The molecule has 0 bridgehead atoms. The largest absolute Gasteiger partial charge is 0.465 e. The Kier molecular flexibility index (Phi) is 6.46. The van der Waals surface area contributed by atoms with Crippen molar-refractivity contribution in [3.63, 3.8) is 0 Å². The third-order valence-corrected chi connectivity index (χ3v) is 3.08. The quantitative estimate of drug-likeness (QED) is 0.536. The number of ether oxygens (including phenoxy) is 1. The minimum Gasteiger partial charge on any atom is -0.465 e. The molecule has 1 fully saturated rings. The van der Waals surface area contributed by atoms with Crippen molar-refractivity contribution in [1.29, 1.82) is 0 Å². The zero-order chi connectivity index (χ0) is 11.8. The minimum absolute atomic E-state index is 0.101. The van der Waals surface area contributed by atoms with Crippen molar-refractivity contribution >= 4 is 5.97 Å². The Balaban J connectivity index is 1.94. The molecule has 0 saturated heterocycles. The van der Waals surface area contributed by atoms with Gasteiger partial charge in [0.15, 0.2) is 0 Å². The van der Waals surface area contributed by atoms with Crippen LogP contribution in [0, 0.1) is 5.92 Å². The highest BCUT2D eigenvalue weighted by molar-refractivity contribution is 5.71. The summed E-state index contributed by atoms with van der Waals surface area (Å²) in [4.78, 5) is 11.4. The Morgan fingerprint density at radius 2 is 2.06 bits per heavy atom. The molecule has 0 aliphatic heterocycles. The maximum absolute atomic E-state index is 11.4. The summed E-state index contributed by atoms with van der Waals surface area (Å²) in [5, 5.41) is 3.26. The Bertz CT molecular complexity index is 198. The Morgan fingerprint density at radius 1 is 1.38 bits per heavy atom. The molecule has 0 aromatic heterocycles. The number of carbonyl (C=O) groups is 1. The molecule has 16 heavy (non-hydrogen) atoms. The van der Waals surface area contributed by atoms with Gasteiger partial charge >= 0.3 is 5.97 Å². The maximum atomic E-state index is 11.4. The summed E-state index contributed by atoms with van der Waals surface area (Å²) in [6.45, 7) is 5.32. The van der Waals surface area contributed by atoms with E-state index in [-0.39, 0.29) is 5.97 Å². The van der Waals surface area contributed by atoms with Crippen LogP contribution >= 0.6 is 0 Å². The number of rotatable bonds is 7. The van der Waals surface area contributed by atoms with Crippen LogP contribution in [0.3, 0.4) is 0 Å². The van der Waals surface area contributed by atoms with Gasteiger partial charge in [0.25, 0.3) is 0 Å². The van der Waals surface area contributed by atoms with Gasteiger partial charge in [0.2, 0.25) is 0 Å². The summed E-state index contributed by atoms with van der Waals surface area (Å²) in [6.07, 6.45) is 7.11. The Hall–Kier alpha value is -0.570. The normalized spacial score (nSPS) is 16.9. The molecule has 0 aromatic carbocycles. The molecule has 0 spiro atoms. The molecule has 1 rings (SSSR count). The third kappa shape index (κ3) is 6.11. The summed E-state index contributed by atoms with van der Waals surface area (Å²) < 4.78 is 5.15. The fraction of sp³-hybridized carbons (Fsp3) is 0.923. The Labute approximate surface area is 98.9 Å². The van der Waals surface area contributed by atoms with Gasteiger partial charge in [-0.2, -0.15) is 0 Å². The SMILES string of the molecule is CC(C)CCCOC(=O)CNC1CCCC1. The molecule has 1 aliphatic carbocycles. The average molecular weight is 227 g/mol.